The van der Waals surface area contributed by atoms with Crippen molar-refractivity contribution in [3.8, 4) is 0 Å². The van der Waals surface area contributed by atoms with E-state index in [-0.39, 0.29) is 11.7 Å². The molecule has 1 unspecified atom stereocenters. The van der Waals surface area contributed by atoms with Gasteiger partial charge in [0.05, 0.1) is 5.01 Å². The van der Waals surface area contributed by atoms with E-state index in [1.165, 1.54) is 6.07 Å². The number of thiazole rings is 1. The van der Waals surface area contributed by atoms with Crippen molar-refractivity contribution in [3.05, 3.63) is 51.7 Å². The Morgan fingerprint density at radius 1 is 1.47 bits per heavy atom. The number of nitrogens with two attached hydrogens (primary N) is 1. The number of nitrogens with zero attached hydrogens (tertiary/aromatic N) is 1. The predicted octanol–water partition coefficient (Wildman–Crippen LogP) is 2.88. The zero-order chi connectivity index (χ0) is 12.3. The van der Waals surface area contributed by atoms with Gasteiger partial charge in [-0.05, 0) is 31.2 Å². The van der Waals surface area contributed by atoms with Gasteiger partial charge in [-0.1, -0.05) is 12.1 Å². The first kappa shape index (κ1) is 12.2. The summed E-state index contributed by atoms with van der Waals surface area (Å²) in [5, 5.41) is 3.08. The van der Waals surface area contributed by atoms with Crippen LogP contribution in [-0.2, 0) is 6.42 Å². The van der Waals surface area contributed by atoms with E-state index < -0.39 is 0 Å². The lowest BCUT2D eigenvalue weighted by Crippen LogP contribution is -2.15. The topological polar surface area (TPSA) is 38.9 Å². The largest absolute Gasteiger partial charge is 0.330 e. The molecule has 0 spiro atoms. The van der Waals surface area contributed by atoms with Crippen molar-refractivity contribution in [1.29, 1.82) is 0 Å². The predicted molar refractivity (Wildman–Crippen MR) is 68.8 cm³/mol. The molecule has 2 rings (SSSR count). The Morgan fingerprint density at radius 3 is 2.88 bits per heavy atom. The molecular weight excluding hydrogens is 235 g/mol. The van der Waals surface area contributed by atoms with Crippen LogP contribution in [0, 0.1) is 12.7 Å². The van der Waals surface area contributed by atoms with Crippen molar-refractivity contribution in [2.45, 2.75) is 19.3 Å². The molecule has 1 aromatic carbocycles. The highest BCUT2D eigenvalue weighted by Gasteiger charge is 2.13. The summed E-state index contributed by atoms with van der Waals surface area (Å²) in [5.41, 5.74) is 7.74. The van der Waals surface area contributed by atoms with E-state index in [0.717, 1.165) is 22.7 Å². The smallest absolute Gasteiger partial charge is 0.123 e. The number of hydrogen-bond acceptors (Lipinski definition) is 3. The van der Waals surface area contributed by atoms with Crippen molar-refractivity contribution in [2.75, 3.05) is 6.54 Å². The van der Waals surface area contributed by atoms with E-state index in [1.54, 1.807) is 23.5 Å². The van der Waals surface area contributed by atoms with Gasteiger partial charge in [0.1, 0.15) is 5.82 Å². The molecule has 0 bridgehead atoms. The molecule has 1 atom stereocenters. The van der Waals surface area contributed by atoms with E-state index in [1.807, 2.05) is 18.4 Å². The van der Waals surface area contributed by atoms with Crippen LogP contribution in [0.4, 0.5) is 4.39 Å². The van der Waals surface area contributed by atoms with E-state index in [9.17, 15) is 4.39 Å². The molecule has 0 saturated carbocycles. The van der Waals surface area contributed by atoms with Gasteiger partial charge in [0.2, 0.25) is 0 Å². The lowest BCUT2D eigenvalue weighted by Gasteiger charge is -2.13. The third-order valence-electron chi connectivity index (χ3n) is 2.69. The summed E-state index contributed by atoms with van der Waals surface area (Å²) in [4.78, 5) is 4.42. The maximum absolute atomic E-state index is 13.2. The number of aryl methyl sites for hydroxylation is 1. The molecule has 4 heteroatoms. The van der Waals surface area contributed by atoms with Crippen LogP contribution < -0.4 is 5.73 Å². The minimum absolute atomic E-state index is 0.135. The van der Waals surface area contributed by atoms with Crippen LogP contribution in [0.25, 0.3) is 0 Å². The fourth-order valence-corrected chi connectivity index (χ4v) is 2.66. The average Bonchev–Trinajstić information content (AvgIpc) is 2.72. The number of hydrogen-bond donors (Lipinski definition) is 1. The van der Waals surface area contributed by atoms with Gasteiger partial charge in [-0.2, -0.15) is 0 Å². The second-order valence-electron chi connectivity index (χ2n) is 4.07. The van der Waals surface area contributed by atoms with Gasteiger partial charge < -0.3 is 5.73 Å². The fraction of sp³-hybridized carbons (Fsp3) is 0.308. The van der Waals surface area contributed by atoms with Crippen molar-refractivity contribution < 1.29 is 4.39 Å². The minimum Gasteiger partial charge on any atom is -0.330 e. The van der Waals surface area contributed by atoms with Gasteiger partial charge in [0, 0.05) is 23.4 Å². The molecular formula is C13H15FN2S. The molecule has 0 aliphatic heterocycles. The van der Waals surface area contributed by atoms with Crippen LogP contribution >= 0.6 is 11.3 Å². The van der Waals surface area contributed by atoms with Crippen LogP contribution in [0.1, 0.15) is 22.2 Å². The van der Waals surface area contributed by atoms with Crippen LogP contribution in [0.5, 0.6) is 0 Å². The van der Waals surface area contributed by atoms with Crippen LogP contribution in [-0.4, -0.2) is 11.5 Å². The third-order valence-corrected chi connectivity index (χ3v) is 3.68. The van der Waals surface area contributed by atoms with E-state index >= 15 is 0 Å². The van der Waals surface area contributed by atoms with Gasteiger partial charge >= 0.3 is 0 Å². The summed E-state index contributed by atoms with van der Waals surface area (Å²) >= 11 is 1.63. The number of benzene rings is 1. The standard InChI is InChI=1S/C13H15FN2S/c1-9-8-17-13(16-9)6-11(7-15)10-3-2-4-12(14)5-10/h2-5,8,11H,6-7,15H2,1H3. The Labute approximate surface area is 104 Å². The highest BCUT2D eigenvalue weighted by molar-refractivity contribution is 7.09. The van der Waals surface area contributed by atoms with E-state index in [0.29, 0.717) is 6.54 Å². The maximum atomic E-state index is 13.2. The van der Waals surface area contributed by atoms with Crippen molar-refractivity contribution in [1.82, 2.24) is 4.98 Å². The Hall–Kier alpha value is -1.26. The lowest BCUT2D eigenvalue weighted by molar-refractivity contribution is 0.616. The molecule has 0 saturated heterocycles. The van der Waals surface area contributed by atoms with Crippen molar-refractivity contribution in [2.24, 2.45) is 5.73 Å². The Morgan fingerprint density at radius 2 is 2.29 bits per heavy atom. The van der Waals surface area contributed by atoms with Gasteiger partial charge in [0.15, 0.2) is 0 Å². The van der Waals surface area contributed by atoms with E-state index in [2.05, 4.69) is 4.98 Å². The Kier molecular flexibility index (Phi) is 3.86. The van der Waals surface area contributed by atoms with E-state index in [4.69, 9.17) is 5.73 Å². The number of rotatable bonds is 4. The number of halogens is 1. The molecule has 0 aliphatic carbocycles. The molecule has 2 N–H and O–H groups in total. The normalized spacial score (nSPS) is 12.6. The zero-order valence-corrected chi connectivity index (χ0v) is 10.5. The van der Waals surface area contributed by atoms with Gasteiger partial charge in [-0.25, -0.2) is 9.37 Å². The number of aromatic nitrogens is 1. The van der Waals surface area contributed by atoms with Gasteiger partial charge in [-0.3, -0.25) is 0 Å². The van der Waals surface area contributed by atoms with Crippen molar-refractivity contribution in [3.63, 3.8) is 0 Å². The highest BCUT2D eigenvalue weighted by atomic mass is 32.1. The van der Waals surface area contributed by atoms with Crippen LogP contribution in [0.2, 0.25) is 0 Å². The van der Waals surface area contributed by atoms with Gasteiger partial charge in [-0.15, -0.1) is 11.3 Å². The summed E-state index contributed by atoms with van der Waals surface area (Å²) in [7, 11) is 0. The molecule has 17 heavy (non-hydrogen) atoms. The summed E-state index contributed by atoms with van der Waals surface area (Å²) in [5.74, 6) is -0.0764. The molecule has 2 nitrogen and oxygen atoms in total. The Balaban J connectivity index is 2.16. The quantitative estimate of drug-likeness (QED) is 0.906. The monoisotopic (exact) mass is 250 g/mol. The van der Waals surface area contributed by atoms with Crippen LogP contribution in [0.3, 0.4) is 0 Å². The molecule has 1 heterocycles. The Bertz CT molecular complexity index is 496. The lowest BCUT2D eigenvalue weighted by atomic mass is 9.96. The molecule has 0 aliphatic rings. The second kappa shape index (κ2) is 5.38. The summed E-state index contributed by atoms with van der Waals surface area (Å²) in [6.07, 6.45) is 0.776. The van der Waals surface area contributed by atoms with Crippen LogP contribution in [0.15, 0.2) is 29.6 Å². The third kappa shape index (κ3) is 3.11. The molecule has 0 fully saturated rings. The molecule has 2 aromatic rings. The molecule has 1 aromatic heterocycles. The zero-order valence-electron chi connectivity index (χ0n) is 9.69. The molecule has 90 valence electrons. The van der Waals surface area contributed by atoms with Crippen molar-refractivity contribution >= 4 is 11.3 Å². The SMILES string of the molecule is Cc1csc(CC(CN)c2cccc(F)c2)n1. The first-order chi connectivity index (χ1) is 8.19. The average molecular weight is 250 g/mol. The second-order valence-corrected chi connectivity index (χ2v) is 5.02. The summed E-state index contributed by atoms with van der Waals surface area (Å²) < 4.78 is 13.2. The summed E-state index contributed by atoms with van der Waals surface area (Å²) in [6, 6.07) is 6.64. The molecule has 0 amide bonds. The first-order valence-corrected chi connectivity index (χ1v) is 6.43. The maximum Gasteiger partial charge on any atom is 0.123 e. The fourth-order valence-electron chi connectivity index (χ4n) is 1.81. The van der Waals surface area contributed by atoms with Gasteiger partial charge in [0.25, 0.3) is 0 Å². The molecule has 0 radical (unpaired) electrons. The summed E-state index contributed by atoms with van der Waals surface area (Å²) in [6.45, 7) is 2.47. The highest BCUT2D eigenvalue weighted by Crippen LogP contribution is 2.22. The first-order valence-electron chi connectivity index (χ1n) is 5.55. The minimum atomic E-state index is -0.212.